The molecule has 0 aliphatic carbocycles. The topological polar surface area (TPSA) is 144 Å². The Morgan fingerprint density at radius 2 is 1.47 bits per heavy atom. The Kier molecular flexibility index (Phi) is 14.4. The summed E-state index contributed by atoms with van der Waals surface area (Å²) >= 11 is 0. The molecule has 1 amide bonds. The van der Waals surface area contributed by atoms with Crippen molar-refractivity contribution < 1.29 is 29.2 Å². The summed E-state index contributed by atoms with van der Waals surface area (Å²) < 4.78 is 16.8. The van der Waals surface area contributed by atoms with Gasteiger partial charge in [-0.2, -0.15) is 0 Å². The zero-order valence-electron chi connectivity index (χ0n) is 26.1. The van der Waals surface area contributed by atoms with Crippen molar-refractivity contribution >= 4 is 14.2 Å². The number of aliphatic hydroxyl groups excluding tert-OH is 2. The summed E-state index contributed by atoms with van der Waals surface area (Å²) in [4.78, 5) is 16.7. The van der Waals surface area contributed by atoms with Crippen LogP contribution in [0.4, 0.5) is 4.79 Å². The lowest BCUT2D eigenvalue weighted by Crippen LogP contribution is -2.51. The van der Waals surface area contributed by atoms with Gasteiger partial charge < -0.3 is 40.8 Å². The van der Waals surface area contributed by atoms with Gasteiger partial charge in [-0.25, -0.2) is 4.79 Å². The molecule has 0 bridgehead atoms. The monoisotopic (exact) mass is 616 g/mol. The number of carbonyl (C=O) groups is 1. The van der Waals surface area contributed by atoms with Gasteiger partial charge in [0.1, 0.15) is 12.4 Å². The molecule has 1 fully saturated rings. The first-order valence-corrected chi connectivity index (χ1v) is 19.1. The van der Waals surface area contributed by atoms with E-state index in [4.69, 9.17) is 25.7 Å². The molecule has 1 heterocycles. The van der Waals surface area contributed by atoms with Crippen LogP contribution in [0.1, 0.15) is 11.1 Å². The summed E-state index contributed by atoms with van der Waals surface area (Å²) in [5.41, 5.74) is 14.6. The molecule has 0 radical (unpaired) electrons. The molecule has 0 spiro atoms. The van der Waals surface area contributed by atoms with Crippen LogP contribution in [-0.2, 0) is 22.3 Å². The first kappa shape index (κ1) is 35.0. The second kappa shape index (κ2) is 17.7. The molecule has 1 aliphatic rings. The van der Waals surface area contributed by atoms with E-state index in [-0.39, 0.29) is 13.1 Å². The fourth-order valence-electron chi connectivity index (χ4n) is 4.75. The van der Waals surface area contributed by atoms with Gasteiger partial charge in [0.25, 0.3) is 0 Å². The van der Waals surface area contributed by atoms with E-state index in [1.54, 1.807) is 0 Å². The Hall–Kier alpha value is -2.51. The standard InChI is InChI=1S/C32H52N4O6Si/c1-43(2,3)20-19-42-32(39)36(23-30(37)28(33)21-25-7-5-4-6-8-25)24-31(38)29(34)22-26-9-11-27(12-10-26)41-18-15-35-13-16-40-17-14-35/h4-12,28-31,37-38H,13-24,33-34H2,1-3H3/t28-,29-,30+,31+/m0/s1. The number of aliphatic hydroxyl groups is 2. The van der Waals surface area contributed by atoms with Crippen LogP contribution >= 0.6 is 0 Å². The number of hydrogen-bond acceptors (Lipinski definition) is 9. The summed E-state index contributed by atoms with van der Waals surface area (Å²) in [6.07, 6.45) is -1.77. The number of benzene rings is 2. The maximum atomic E-state index is 13.1. The predicted octanol–water partition coefficient (Wildman–Crippen LogP) is 2.34. The van der Waals surface area contributed by atoms with Crippen LogP contribution in [0.3, 0.4) is 0 Å². The fraction of sp³-hybridized carbons (Fsp3) is 0.594. The van der Waals surface area contributed by atoms with Crippen molar-refractivity contribution in [1.82, 2.24) is 9.80 Å². The highest BCUT2D eigenvalue weighted by molar-refractivity contribution is 6.76. The van der Waals surface area contributed by atoms with Gasteiger partial charge in [-0.15, -0.1) is 0 Å². The van der Waals surface area contributed by atoms with Gasteiger partial charge in [0.05, 0.1) is 45.1 Å². The minimum absolute atomic E-state index is 0.0694. The van der Waals surface area contributed by atoms with E-state index in [0.717, 1.165) is 55.8 Å². The van der Waals surface area contributed by atoms with E-state index in [1.165, 1.54) is 4.90 Å². The molecule has 6 N–H and O–H groups in total. The highest BCUT2D eigenvalue weighted by Crippen LogP contribution is 2.16. The minimum atomic E-state index is -1.42. The number of amides is 1. The van der Waals surface area contributed by atoms with Gasteiger partial charge in [-0.1, -0.05) is 62.1 Å². The number of morpholine rings is 1. The van der Waals surface area contributed by atoms with E-state index in [9.17, 15) is 15.0 Å². The molecule has 1 saturated heterocycles. The molecule has 3 rings (SSSR count). The number of rotatable bonds is 17. The van der Waals surface area contributed by atoms with E-state index in [1.807, 2.05) is 54.6 Å². The molecule has 11 heteroatoms. The lowest BCUT2D eigenvalue weighted by molar-refractivity contribution is 0.0322. The summed E-state index contributed by atoms with van der Waals surface area (Å²) in [6, 6.07) is 16.9. The van der Waals surface area contributed by atoms with Crippen LogP contribution in [0.5, 0.6) is 5.75 Å². The normalized spacial score (nSPS) is 17.1. The van der Waals surface area contributed by atoms with Crippen molar-refractivity contribution in [2.45, 2.75) is 62.8 Å². The smallest absolute Gasteiger partial charge is 0.409 e. The van der Waals surface area contributed by atoms with Gasteiger partial charge in [0, 0.05) is 39.8 Å². The zero-order valence-corrected chi connectivity index (χ0v) is 27.1. The first-order chi connectivity index (χ1) is 20.5. The molecule has 2 aromatic carbocycles. The lowest BCUT2D eigenvalue weighted by atomic mass is 10.0. The molecule has 43 heavy (non-hydrogen) atoms. The Labute approximate surface area is 257 Å². The summed E-state index contributed by atoms with van der Waals surface area (Å²) in [6.45, 7) is 11.6. The van der Waals surface area contributed by atoms with Gasteiger partial charge >= 0.3 is 6.09 Å². The van der Waals surface area contributed by atoms with Crippen molar-refractivity contribution in [3.8, 4) is 5.75 Å². The van der Waals surface area contributed by atoms with E-state index < -0.39 is 38.5 Å². The second-order valence-electron chi connectivity index (χ2n) is 12.6. The first-order valence-electron chi connectivity index (χ1n) is 15.3. The third-order valence-electron chi connectivity index (χ3n) is 7.63. The average Bonchev–Trinajstić information content (AvgIpc) is 2.98. The number of ether oxygens (including phenoxy) is 3. The van der Waals surface area contributed by atoms with Gasteiger partial charge in [-0.3, -0.25) is 4.90 Å². The van der Waals surface area contributed by atoms with Crippen LogP contribution in [0.25, 0.3) is 0 Å². The molecular formula is C32H52N4O6Si. The molecule has 0 aromatic heterocycles. The third kappa shape index (κ3) is 13.3. The predicted molar refractivity (Wildman–Crippen MR) is 172 cm³/mol. The van der Waals surface area contributed by atoms with Crippen molar-refractivity contribution in [2.75, 3.05) is 59.2 Å². The van der Waals surface area contributed by atoms with E-state index >= 15 is 0 Å². The summed E-state index contributed by atoms with van der Waals surface area (Å²) in [5, 5.41) is 21.9. The molecule has 10 nitrogen and oxygen atoms in total. The van der Waals surface area contributed by atoms with Gasteiger partial charge in [0.2, 0.25) is 0 Å². The number of nitrogens with zero attached hydrogens (tertiary/aromatic N) is 2. The van der Waals surface area contributed by atoms with Crippen LogP contribution in [0.2, 0.25) is 25.7 Å². The number of carbonyl (C=O) groups excluding carboxylic acids is 1. The largest absolute Gasteiger partial charge is 0.492 e. The fourth-order valence-corrected chi connectivity index (χ4v) is 5.47. The molecule has 1 aliphatic heterocycles. The lowest BCUT2D eigenvalue weighted by Gasteiger charge is -2.31. The number of hydrogen-bond donors (Lipinski definition) is 4. The van der Waals surface area contributed by atoms with Crippen molar-refractivity contribution in [2.24, 2.45) is 11.5 Å². The van der Waals surface area contributed by atoms with Crippen molar-refractivity contribution in [3.63, 3.8) is 0 Å². The Morgan fingerprint density at radius 3 is 2.02 bits per heavy atom. The maximum absolute atomic E-state index is 13.1. The second-order valence-corrected chi connectivity index (χ2v) is 18.3. The average molecular weight is 617 g/mol. The van der Waals surface area contributed by atoms with Crippen molar-refractivity contribution in [1.29, 1.82) is 0 Å². The van der Waals surface area contributed by atoms with E-state index in [2.05, 4.69) is 24.5 Å². The Bertz CT molecular complexity index is 1070. The quantitative estimate of drug-likeness (QED) is 0.197. The van der Waals surface area contributed by atoms with E-state index in [0.29, 0.717) is 26.1 Å². The summed E-state index contributed by atoms with van der Waals surface area (Å²) in [7, 11) is -1.42. The molecule has 4 atom stereocenters. The molecule has 240 valence electrons. The number of nitrogens with two attached hydrogens (primary N) is 2. The van der Waals surface area contributed by atoms with Gasteiger partial charge in [0.15, 0.2) is 0 Å². The van der Waals surface area contributed by atoms with Crippen LogP contribution in [0, 0.1) is 0 Å². The molecule has 2 aromatic rings. The minimum Gasteiger partial charge on any atom is -0.492 e. The molecule has 0 saturated carbocycles. The van der Waals surface area contributed by atoms with Crippen molar-refractivity contribution in [3.05, 3.63) is 65.7 Å². The SMILES string of the molecule is C[Si](C)(C)CCOC(=O)N(C[C@@H](O)[C@@H](N)Cc1ccccc1)C[C@@H](O)[C@@H](N)Cc1ccc(OCCN2CCOCC2)cc1. The Morgan fingerprint density at radius 1 is 0.907 bits per heavy atom. The summed E-state index contributed by atoms with van der Waals surface area (Å²) in [5.74, 6) is 0.777. The zero-order chi connectivity index (χ0) is 31.2. The van der Waals surface area contributed by atoms with Crippen LogP contribution < -0.4 is 16.2 Å². The Balaban J connectivity index is 1.53. The highest BCUT2D eigenvalue weighted by Gasteiger charge is 2.28. The van der Waals surface area contributed by atoms with Gasteiger partial charge in [-0.05, 0) is 42.1 Å². The van der Waals surface area contributed by atoms with Crippen LogP contribution in [0.15, 0.2) is 54.6 Å². The third-order valence-corrected chi connectivity index (χ3v) is 9.33. The highest BCUT2D eigenvalue weighted by atomic mass is 28.3. The maximum Gasteiger partial charge on any atom is 0.409 e. The molecule has 0 unspecified atom stereocenters. The molecular weight excluding hydrogens is 564 g/mol. The van der Waals surface area contributed by atoms with Crippen LogP contribution in [-0.4, -0.2) is 118 Å².